The number of ether oxygens (including phenoxy) is 2. The van der Waals surface area contributed by atoms with Crippen LogP contribution in [0, 0.1) is 17.8 Å². The van der Waals surface area contributed by atoms with E-state index in [1.54, 1.807) is 7.11 Å². The van der Waals surface area contributed by atoms with E-state index < -0.39 is 16.1 Å². The number of hydrogen-bond donors (Lipinski definition) is 2. The van der Waals surface area contributed by atoms with Crippen molar-refractivity contribution in [1.82, 2.24) is 19.8 Å². The second-order valence-electron chi connectivity index (χ2n) is 14.6. The van der Waals surface area contributed by atoms with Gasteiger partial charge in [0.15, 0.2) is 0 Å². The van der Waals surface area contributed by atoms with Gasteiger partial charge in [-0.05, 0) is 119 Å². The molecule has 1 aromatic carbocycles. The van der Waals surface area contributed by atoms with E-state index in [2.05, 4.69) is 50.8 Å². The molecule has 1 aromatic heterocycles. The summed E-state index contributed by atoms with van der Waals surface area (Å²) in [5.74, 6) is 1.60. The monoisotopic (exact) mass is 721 g/mol. The Morgan fingerprint density at radius 1 is 0.980 bits per heavy atom. The fourth-order valence-corrected chi connectivity index (χ4v) is 7.65. The van der Waals surface area contributed by atoms with Crippen LogP contribution in [-0.2, 0) is 24.3 Å². The number of allylic oxidation sites excluding steroid dienone is 4. The Morgan fingerprint density at radius 3 is 2.33 bits per heavy atom. The molecule has 0 aliphatic heterocycles. The molecule has 1 heterocycles. The van der Waals surface area contributed by atoms with Crippen molar-refractivity contribution in [3.63, 3.8) is 0 Å². The van der Waals surface area contributed by atoms with Crippen LogP contribution >= 0.6 is 0 Å². The van der Waals surface area contributed by atoms with Crippen LogP contribution in [0.25, 0.3) is 11.1 Å². The zero-order chi connectivity index (χ0) is 36.5. The fraction of sp³-hybridized carbons (Fsp3) is 0.564. The third-order valence-corrected chi connectivity index (χ3v) is 11.0. The summed E-state index contributed by atoms with van der Waals surface area (Å²) in [4.78, 5) is 28.7. The maximum atomic E-state index is 14.4. The summed E-state index contributed by atoms with van der Waals surface area (Å²) >= 11 is 0. The highest BCUT2D eigenvalue weighted by Crippen LogP contribution is 2.38. The predicted octanol–water partition coefficient (Wildman–Crippen LogP) is 6.91. The van der Waals surface area contributed by atoms with Gasteiger partial charge in [0.05, 0.1) is 25.6 Å². The smallest absolute Gasteiger partial charge is 0.407 e. The number of rotatable bonds is 15. The first-order chi connectivity index (χ1) is 24.4. The van der Waals surface area contributed by atoms with E-state index in [-0.39, 0.29) is 31.0 Å². The van der Waals surface area contributed by atoms with Crippen LogP contribution in [0.4, 0.5) is 10.5 Å². The molecule has 12 heteroatoms. The number of hydrogen-bond acceptors (Lipinski definition) is 7. The minimum Gasteiger partial charge on any atom is -0.497 e. The molecular formula is C39H55N5O6S. The Bertz CT molecular complexity index is 1690. The summed E-state index contributed by atoms with van der Waals surface area (Å²) in [7, 11) is -1.63. The lowest BCUT2D eigenvalue weighted by atomic mass is 9.78. The zero-order valence-corrected chi connectivity index (χ0v) is 31.4. The Morgan fingerprint density at radius 2 is 1.69 bits per heavy atom. The molecule has 3 fully saturated rings. The van der Waals surface area contributed by atoms with Crippen molar-refractivity contribution in [3.05, 3.63) is 72.3 Å². The van der Waals surface area contributed by atoms with Gasteiger partial charge in [-0.3, -0.25) is 9.48 Å². The van der Waals surface area contributed by atoms with Gasteiger partial charge >= 0.3 is 6.09 Å². The van der Waals surface area contributed by atoms with Crippen LogP contribution in [0.2, 0.25) is 0 Å². The van der Waals surface area contributed by atoms with Crippen LogP contribution in [0.1, 0.15) is 84.1 Å². The van der Waals surface area contributed by atoms with Crippen LogP contribution < -0.4 is 14.9 Å². The number of anilines is 1. The van der Waals surface area contributed by atoms with Gasteiger partial charge in [0.25, 0.3) is 0 Å². The highest BCUT2D eigenvalue weighted by molar-refractivity contribution is 7.88. The van der Waals surface area contributed by atoms with E-state index in [4.69, 9.17) is 9.47 Å². The average Bonchev–Trinajstić information content (AvgIpc) is 3.84. The number of amides is 2. The number of benzene rings is 1. The van der Waals surface area contributed by atoms with Crippen molar-refractivity contribution < 1.29 is 27.5 Å². The first-order valence-electron chi connectivity index (χ1n) is 18.3. The average molecular weight is 722 g/mol. The topological polar surface area (TPSA) is 132 Å². The highest BCUT2D eigenvalue weighted by atomic mass is 32.2. The van der Waals surface area contributed by atoms with Crippen molar-refractivity contribution in [2.45, 2.75) is 90.2 Å². The molecule has 0 unspecified atom stereocenters. The SMILES string of the molecule is C=C(/C=C\C(OC)=C(C)C)C1CCC(CN(C(=O)C2CCC(OC(=O)NCCNS(C)(=O)=O)CC2)c2cccc(-c3cnn(C4CC4)c3)c2)CC1. The van der Waals surface area contributed by atoms with E-state index >= 15 is 0 Å². The summed E-state index contributed by atoms with van der Waals surface area (Å²) in [5.41, 5.74) is 5.25. The standard InChI is InChI=1S/C39H55N5O6S/c1-27(2)37(49-4)20-9-28(3)30-12-10-29(11-13-30)25-43(35-8-6-7-32(23-35)33-24-41-44(26-33)34-16-17-34)38(45)31-14-18-36(19-15-31)50-39(46)40-21-22-42-51(5,47)48/h6-9,20,23-24,26,29-31,34,36,42H,3,10-19,21-22,25H2,1-2,4-5H3,(H,40,46)/b20-9-. The Balaban J connectivity index is 1.23. The zero-order valence-electron chi connectivity index (χ0n) is 30.6. The fourth-order valence-electron chi connectivity index (χ4n) is 7.18. The van der Waals surface area contributed by atoms with Gasteiger partial charge in [0, 0.05) is 43.0 Å². The maximum absolute atomic E-state index is 14.4. The molecule has 3 aliphatic rings. The molecule has 51 heavy (non-hydrogen) atoms. The van der Waals surface area contributed by atoms with Gasteiger partial charge in [0.1, 0.15) is 11.9 Å². The van der Waals surface area contributed by atoms with Gasteiger partial charge in [-0.15, -0.1) is 0 Å². The number of carbonyl (C=O) groups is 2. The predicted molar refractivity (Wildman–Crippen MR) is 200 cm³/mol. The van der Waals surface area contributed by atoms with E-state index in [9.17, 15) is 18.0 Å². The van der Waals surface area contributed by atoms with Gasteiger partial charge in [-0.1, -0.05) is 30.4 Å². The maximum Gasteiger partial charge on any atom is 0.407 e. The molecule has 3 saturated carbocycles. The first kappa shape index (κ1) is 38.3. The second kappa shape index (κ2) is 17.5. The minimum atomic E-state index is -3.32. The molecule has 278 valence electrons. The Kier molecular flexibility index (Phi) is 13.2. The van der Waals surface area contributed by atoms with Gasteiger partial charge in [-0.25, -0.2) is 17.9 Å². The van der Waals surface area contributed by atoms with Crippen LogP contribution in [0.5, 0.6) is 0 Å². The first-order valence-corrected chi connectivity index (χ1v) is 20.2. The van der Waals surface area contributed by atoms with Crippen molar-refractivity contribution in [2.75, 3.05) is 37.9 Å². The molecule has 2 amide bonds. The molecule has 0 atom stereocenters. The highest BCUT2D eigenvalue weighted by Gasteiger charge is 2.34. The van der Waals surface area contributed by atoms with E-state index in [0.717, 1.165) is 65.7 Å². The van der Waals surface area contributed by atoms with Crippen LogP contribution in [0.15, 0.2) is 72.3 Å². The van der Waals surface area contributed by atoms with Gasteiger partial charge in [-0.2, -0.15) is 5.10 Å². The number of methoxy groups -OCH3 is 1. The Labute approximate surface area is 303 Å². The van der Waals surface area contributed by atoms with E-state index in [1.165, 1.54) is 12.8 Å². The number of carbonyl (C=O) groups excluding carboxylic acids is 2. The molecule has 11 nitrogen and oxygen atoms in total. The lowest BCUT2D eigenvalue weighted by Gasteiger charge is -2.36. The van der Waals surface area contributed by atoms with Gasteiger partial charge in [0.2, 0.25) is 15.9 Å². The molecule has 2 aromatic rings. The summed E-state index contributed by atoms with van der Waals surface area (Å²) in [6.45, 7) is 9.32. The van der Waals surface area contributed by atoms with E-state index in [0.29, 0.717) is 50.1 Å². The Hall–Kier alpha value is -3.90. The molecule has 5 rings (SSSR count). The molecular weight excluding hydrogens is 667 g/mol. The number of aromatic nitrogens is 2. The summed E-state index contributed by atoms with van der Waals surface area (Å²) in [6.07, 6.45) is 17.2. The van der Waals surface area contributed by atoms with Crippen molar-refractivity contribution in [3.8, 4) is 11.1 Å². The third-order valence-electron chi connectivity index (χ3n) is 10.3. The molecule has 0 bridgehead atoms. The van der Waals surface area contributed by atoms with Crippen molar-refractivity contribution >= 4 is 27.7 Å². The number of nitrogens with zero attached hydrogens (tertiary/aromatic N) is 3. The number of nitrogens with one attached hydrogen (secondary N) is 2. The van der Waals surface area contributed by atoms with Crippen LogP contribution in [-0.4, -0.2) is 69.3 Å². The quantitative estimate of drug-likeness (QED) is 0.116. The van der Waals surface area contributed by atoms with E-state index in [1.807, 2.05) is 43.2 Å². The molecule has 2 N–H and O–H groups in total. The molecule has 0 radical (unpaired) electrons. The lowest BCUT2D eigenvalue weighted by Crippen LogP contribution is -2.42. The molecule has 3 aliphatic carbocycles. The summed E-state index contributed by atoms with van der Waals surface area (Å²) in [5, 5.41) is 7.19. The normalized spacial score (nSPS) is 22.3. The third kappa shape index (κ3) is 11.3. The largest absolute Gasteiger partial charge is 0.497 e. The lowest BCUT2D eigenvalue weighted by molar-refractivity contribution is -0.124. The van der Waals surface area contributed by atoms with Crippen molar-refractivity contribution in [2.24, 2.45) is 17.8 Å². The minimum absolute atomic E-state index is 0.0913. The summed E-state index contributed by atoms with van der Waals surface area (Å²) in [6, 6.07) is 8.78. The summed E-state index contributed by atoms with van der Waals surface area (Å²) < 4.78 is 38.0. The van der Waals surface area contributed by atoms with Gasteiger partial charge < -0.3 is 19.7 Å². The molecule has 0 spiro atoms. The second-order valence-corrected chi connectivity index (χ2v) is 16.4. The van der Waals surface area contributed by atoms with Crippen LogP contribution in [0.3, 0.4) is 0 Å². The number of sulfonamides is 1. The van der Waals surface area contributed by atoms with Crippen molar-refractivity contribution in [1.29, 1.82) is 0 Å². The molecule has 0 saturated heterocycles. The number of alkyl carbamates (subject to hydrolysis) is 1.